The zero-order valence-corrected chi connectivity index (χ0v) is 12.0. The molecule has 0 radical (unpaired) electrons. The van der Waals surface area contributed by atoms with Gasteiger partial charge in [0.25, 0.3) is 0 Å². The van der Waals surface area contributed by atoms with Crippen molar-refractivity contribution in [3.63, 3.8) is 0 Å². The number of hydrogen-bond donors (Lipinski definition) is 1. The average molecular weight is 324 g/mol. The highest BCUT2D eigenvalue weighted by molar-refractivity contribution is 9.10. The van der Waals surface area contributed by atoms with Gasteiger partial charge >= 0.3 is 0 Å². The highest BCUT2D eigenvalue weighted by Gasteiger charge is 2.17. The molecule has 0 aromatic heterocycles. The maximum absolute atomic E-state index is 5.94. The fraction of sp³-hybridized carbons (Fsp3) is 0.143. The summed E-state index contributed by atoms with van der Waals surface area (Å²) in [7, 11) is 0. The third kappa shape index (κ3) is 2.20. The minimum atomic E-state index is 0.767. The van der Waals surface area contributed by atoms with Crippen molar-refractivity contribution in [1.82, 2.24) is 0 Å². The molecular formula is C14H12BrClN2. The van der Waals surface area contributed by atoms with Crippen molar-refractivity contribution in [1.29, 1.82) is 0 Å². The summed E-state index contributed by atoms with van der Waals surface area (Å²) in [5, 5.41) is 4.18. The van der Waals surface area contributed by atoms with Gasteiger partial charge in [-0.05, 0) is 42.5 Å². The molecule has 1 heterocycles. The number of benzene rings is 2. The molecule has 0 saturated heterocycles. The average Bonchev–Trinajstić information content (AvgIpc) is 2.39. The lowest BCUT2D eigenvalue weighted by atomic mass is 10.1. The molecule has 3 rings (SSSR count). The molecule has 92 valence electrons. The summed E-state index contributed by atoms with van der Waals surface area (Å²) in [5.41, 5.74) is 3.53. The van der Waals surface area contributed by atoms with Crippen LogP contribution in [0.4, 0.5) is 17.1 Å². The molecule has 18 heavy (non-hydrogen) atoms. The van der Waals surface area contributed by atoms with Crippen LogP contribution in [0, 0.1) is 0 Å². The van der Waals surface area contributed by atoms with E-state index in [-0.39, 0.29) is 0 Å². The maximum atomic E-state index is 5.94. The van der Waals surface area contributed by atoms with Crippen LogP contribution in [-0.2, 0) is 0 Å². The van der Waals surface area contributed by atoms with Gasteiger partial charge < -0.3 is 10.2 Å². The van der Waals surface area contributed by atoms with Crippen LogP contribution in [0.5, 0.6) is 0 Å². The fourth-order valence-corrected chi connectivity index (χ4v) is 2.66. The Balaban J connectivity index is 2.05. The molecule has 2 aromatic carbocycles. The number of anilines is 3. The Bertz CT molecular complexity index is 569. The fourth-order valence-electron chi connectivity index (χ4n) is 2.19. The molecule has 1 N–H and O–H groups in total. The molecule has 0 bridgehead atoms. The van der Waals surface area contributed by atoms with Crippen LogP contribution < -0.4 is 10.2 Å². The summed E-state index contributed by atoms with van der Waals surface area (Å²) in [6, 6.07) is 14.2. The first-order valence-electron chi connectivity index (χ1n) is 5.80. The predicted octanol–water partition coefficient (Wildman–Crippen LogP) is 4.67. The number of fused-ring (bicyclic) bond motifs is 1. The molecule has 0 fully saturated rings. The Morgan fingerprint density at radius 2 is 1.89 bits per heavy atom. The van der Waals surface area contributed by atoms with E-state index in [1.165, 1.54) is 17.1 Å². The molecule has 4 heteroatoms. The van der Waals surface area contributed by atoms with Crippen molar-refractivity contribution in [3.8, 4) is 0 Å². The van der Waals surface area contributed by atoms with Crippen molar-refractivity contribution in [2.24, 2.45) is 0 Å². The van der Waals surface area contributed by atoms with Gasteiger partial charge in [0.05, 0.1) is 11.4 Å². The predicted molar refractivity (Wildman–Crippen MR) is 81.1 cm³/mol. The van der Waals surface area contributed by atoms with E-state index in [1.54, 1.807) is 0 Å². The zero-order valence-electron chi connectivity index (χ0n) is 9.66. The Morgan fingerprint density at radius 1 is 1.11 bits per heavy atom. The van der Waals surface area contributed by atoms with Gasteiger partial charge in [-0.25, -0.2) is 0 Å². The molecule has 0 saturated carbocycles. The molecule has 0 unspecified atom stereocenters. The van der Waals surface area contributed by atoms with Gasteiger partial charge in [-0.1, -0.05) is 27.5 Å². The van der Waals surface area contributed by atoms with Gasteiger partial charge in [-0.15, -0.1) is 0 Å². The van der Waals surface area contributed by atoms with Crippen molar-refractivity contribution >= 4 is 44.6 Å². The Kier molecular flexibility index (Phi) is 3.18. The summed E-state index contributed by atoms with van der Waals surface area (Å²) in [4.78, 5) is 2.30. The summed E-state index contributed by atoms with van der Waals surface area (Å²) in [6.07, 6.45) is 0. The number of nitrogens with one attached hydrogen (secondary N) is 1. The summed E-state index contributed by atoms with van der Waals surface area (Å²) in [6.45, 7) is 1.89. The molecule has 0 amide bonds. The van der Waals surface area contributed by atoms with Gasteiger partial charge in [0.2, 0.25) is 0 Å². The quantitative estimate of drug-likeness (QED) is 0.820. The topological polar surface area (TPSA) is 15.3 Å². The van der Waals surface area contributed by atoms with Crippen LogP contribution in [0.1, 0.15) is 0 Å². The minimum Gasteiger partial charge on any atom is -0.382 e. The van der Waals surface area contributed by atoms with Gasteiger partial charge in [-0.2, -0.15) is 0 Å². The van der Waals surface area contributed by atoms with Crippen molar-refractivity contribution in [2.75, 3.05) is 23.3 Å². The molecule has 0 atom stereocenters. The van der Waals surface area contributed by atoms with E-state index in [0.717, 1.165) is 22.6 Å². The molecule has 2 aromatic rings. The third-order valence-corrected chi connectivity index (χ3v) is 3.78. The van der Waals surface area contributed by atoms with Crippen LogP contribution in [0.3, 0.4) is 0 Å². The van der Waals surface area contributed by atoms with Crippen LogP contribution in [0.25, 0.3) is 0 Å². The molecular weight excluding hydrogens is 312 g/mol. The Hall–Kier alpha value is -1.19. The number of halogens is 2. The summed E-state index contributed by atoms with van der Waals surface area (Å²) >= 11 is 9.46. The standard InChI is InChI=1S/C14H12BrClN2/c15-10-1-6-13-14(9-10)18(8-7-17-13)12-4-2-11(16)3-5-12/h1-6,9,17H,7-8H2. The minimum absolute atomic E-state index is 0.767. The van der Waals surface area contributed by atoms with Gasteiger partial charge in [0.15, 0.2) is 0 Å². The van der Waals surface area contributed by atoms with Crippen LogP contribution in [0.2, 0.25) is 5.02 Å². The van der Waals surface area contributed by atoms with E-state index in [2.05, 4.69) is 56.5 Å². The first-order valence-corrected chi connectivity index (χ1v) is 6.98. The second-order valence-corrected chi connectivity index (χ2v) is 5.57. The lowest BCUT2D eigenvalue weighted by molar-refractivity contribution is 0.926. The van der Waals surface area contributed by atoms with Crippen LogP contribution >= 0.6 is 27.5 Å². The van der Waals surface area contributed by atoms with Crippen LogP contribution in [-0.4, -0.2) is 13.1 Å². The monoisotopic (exact) mass is 322 g/mol. The summed E-state index contributed by atoms with van der Waals surface area (Å²) in [5.74, 6) is 0. The van der Waals surface area contributed by atoms with E-state index in [1.807, 2.05) is 12.1 Å². The largest absolute Gasteiger partial charge is 0.382 e. The Morgan fingerprint density at radius 3 is 2.67 bits per heavy atom. The lowest BCUT2D eigenvalue weighted by Crippen LogP contribution is -2.30. The first-order chi connectivity index (χ1) is 8.74. The van der Waals surface area contributed by atoms with E-state index in [4.69, 9.17) is 11.6 Å². The number of rotatable bonds is 1. The van der Waals surface area contributed by atoms with Crippen molar-refractivity contribution < 1.29 is 0 Å². The van der Waals surface area contributed by atoms with Gasteiger partial charge in [-0.3, -0.25) is 0 Å². The van der Waals surface area contributed by atoms with E-state index < -0.39 is 0 Å². The molecule has 1 aliphatic heterocycles. The van der Waals surface area contributed by atoms with Gasteiger partial charge in [0, 0.05) is 28.3 Å². The highest BCUT2D eigenvalue weighted by atomic mass is 79.9. The number of nitrogens with zero attached hydrogens (tertiary/aromatic N) is 1. The molecule has 1 aliphatic rings. The van der Waals surface area contributed by atoms with E-state index >= 15 is 0 Å². The van der Waals surface area contributed by atoms with Crippen molar-refractivity contribution in [3.05, 3.63) is 52.0 Å². The smallest absolute Gasteiger partial charge is 0.0658 e. The number of hydrogen-bond acceptors (Lipinski definition) is 2. The Labute approximate surface area is 120 Å². The van der Waals surface area contributed by atoms with E-state index in [9.17, 15) is 0 Å². The molecule has 2 nitrogen and oxygen atoms in total. The SMILES string of the molecule is Clc1ccc(N2CCNc3ccc(Br)cc32)cc1. The normalized spacial score (nSPS) is 14.0. The second kappa shape index (κ2) is 4.82. The lowest BCUT2D eigenvalue weighted by Gasteiger charge is -2.32. The molecule has 0 aliphatic carbocycles. The first kappa shape index (κ1) is 11.9. The highest BCUT2D eigenvalue weighted by Crippen LogP contribution is 2.36. The maximum Gasteiger partial charge on any atom is 0.0658 e. The summed E-state index contributed by atoms with van der Waals surface area (Å²) < 4.78 is 1.09. The van der Waals surface area contributed by atoms with Crippen molar-refractivity contribution in [2.45, 2.75) is 0 Å². The molecule has 0 spiro atoms. The van der Waals surface area contributed by atoms with E-state index in [0.29, 0.717) is 0 Å². The second-order valence-electron chi connectivity index (χ2n) is 4.22. The third-order valence-electron chi connectivity index (χ3n) is 3.04. The zero-order chi connectivity index (χ0) is 12.5. The van der Waals surface area contributed by atoms with Gasteiger partial charge in [0.1, 0.15) is 0 Å². The van der Waals surface area contributed by atoms with Crippen LogP contribution in [0.15, 0.2) is 46.9 Å².